The van der Waals surface area contributed by atoms with Crippen LogP contribution in [0.1, 0.15) is 5.69 Å². The molecule has 0 atom stereocenters. The molecular formula is C22H19N5O. The number of nitrogens with zero attached hydrogens (tertiary/aromatic N) is 4. The fourth-order valence-corrected chi connectivity index (χ4v) is 2.97. The molecular weight excluding hydrogens is 350 g/mol. The summed E-state index contributed by atoms with van der Waals surface area (Å²) in [6.45, 7) is 2.30. The number of fused-ring (bicyclic) bond motifs is 1. The summed E-state index contributed by atoms with van der Waals surface area (Å²) >= 11 is 0. The van der Waals surface area contributed by atoms with E-state index in [0.717, 1.165) is 28.1 Å². The van der Waals surface area contributed by atoms with Gasteiger partial charge in [-0.25, -0.2) is 4.68 Å². The molecule has 0 fully saturated rings. The maximum atomic E-state index is 12.3. The molecule has 0 bridgehead atoms. The van der Waals surface area contributed by atoms with E-state index in [1.165, 1.54) is 0 Å². The fraction of sp³-hybridized carbons (Fsp3) is 0.0909. The fourth-order valence-electron chi connectivity index (χ4n) is 2.97. The average Bonchev–Trinajstić information content (AvgIpc) is 2.91. The van der Waals surface area contributed by atoms with E-state index in [1.807, 2.05) is 73.7 Å². The predicted octanol–water partition coefficient (Wildman–Crippen LogP) is 5.19. The van der Waals surface area contributed by atoms with E-state index in [2.05, 4.69) is 20.6 Å². The number of aromatic nitrogens is 2. The topological polar surface area (TPSA) is 71.6 Å². The second-order valence-electron chi connectivity index (χ2n) is 6.35. The van der Waals surface area contributed by atoms with Gasteiger partial charge in [0, 0.05) is 11.1 Å². The summed E-state index contributed by atoms with van der Waals surface area (Å²) in [5.41, 5.74) is 3.88. The van der Waals surface area contributed by atoms with E-state index < -0.39 is 0 Å². The van der Waals surface area contributed by atoms with Crippen LogP contribution in [-0.2, 0) is 6.67 Å². The van der Waals surface area contributed by atoms with Crippen molar-refractivity contribution < 1.29 is 0 Å². The number of benzene rings is 2. The van der Waals surface area contributed by atoms with Gasteiger partial charge >= 0.3 is 0 Å². The smallest absolute Gasteiger partial charge is 0.204 e. The lowest BCUT2D eigenvalue weighted by Crippen LogP contribution is -2.13. The summed E-state index contributed by atoms with van der Waals surface area (Å²) in [6.07, 6.45) is 0. The van der Waals surface area contributed by atoms with Crippen molar-refractivity contribution in [2.45, 2.75) is 13.6 Å². The number of aryl methyl sites for hydroxylation is 1. The highest BCUT2D eigenvalue weighted by atomic mass is 16.1. The normalized spacial score (nSPS) is 11.2. The minimum Gasteiger partial charge on any atom is -0.366 e. The van der Waals surface area contributed by atoms with E-state index in [4.69, 9.17) is 0 Å². The third-order valence-electron chi connectivity index (χ3n) is 4.37. The zero-order chi connectivity index (χ0) is 19.3. The molecule has 1 heterocycles. The van der Waals surface area contributed by atoms with Crippen LogP contribution in [0.2, 0.25) is 0 Å². The van der Waals surface area contributed by atoms with E-state index in [9.17, 15) is 4.79 Å². The summed E-state index contributed by atoms with van der Waals surface area (Å²) in [7, 11) is 0. The number of hydrogen-bond acceptors (Lipinski definition) is 5. The van der Waals surface area contributed by atoms with Crippen LogP contribution in [0, 0.1) is 6.92 Å². The number of nitrogens with one attached hydrogen (secondary N) is 1. The Morgan fingerprint density at radius 2 is 1.50 bits per heavy atom. The molecule has 138 valence electrons. The monoisotopic (exact) mass is 369 g/mol. The minimum atomic E-state index is -0.0425. The van der Waals surface area contributed by atoms with E-state index in [1.54, 1.807) is 16.8 Å². The standard InChI is InChI=1S/C22H19N5O/c1-16-20-9-5-6-10-21(28)22(20)27(26-16)15-23-17-11-13-19(14-12-17)25-24-18-7-3-2-4-8-18/h2-14,23H,15H2,1H3. The molecule has 28 heavy (non-hydrogen) atoms. The van der Waals surface area contributed by atoms with Gasteiger partial charge in [0.2, 0.25) is 5.43 Å². The SMILES string of the molecule is Cc1nn(CNc2ccc(N=Nc3ccccc3)cc2)c2c(=O)ccccc12. The molecule has 6 heteroatoms. The third-order valence-corrected chi connectivity index (χ3v) is 4.37. The zero-order valence-electron chi connectivity index (χ0n) is 15.4. The molecule has 1 aromatic heterocycles. The first-order chi connectivity index (χ1) is 13.7. The molecule has 0 unspecified atom stereocenters. The Morgan fingerprint density at radius 1 is 0.857 bits per heavy atom. The Kier molecular flexibility index (Phi) is 4.93. The highest BCUT2D eigenvalue weighted by molar-refractivity contribution is 5.80. The minimum absolute atomic E-state index is 0.0425. The maximum Gasteiger partial charge on any atom is 0.204 e. The summed E-state index contributed by atoms with van der Waals surface area (Å²) in [5, 5.41) is 17.1. The number of azo groups is 1. The van der Waals surface area contributed by atoms with Crippen LogP contribution in [-0.4, -0.2) is 9.78 Å². The second-order valence-corrected chi connectivity index (χ2v) is 6.35. The molecule has 0 aliphatic rings. The van der Waals surface area contributed by atoms with E-state index in [-0.39, 0.29) is 5.43 Å². The Bertz CT molecular complexity index is 1180. The molecule has 0 aliphatic heterocycles. The van der Waals surface area contributed by atoms with Crippen LogP contribution in [0.15, 0.2) is 93.9 Å². The first kappa shape index (κ1) is 17.6. The first-order valence-electron chi connectivity index (χ1n) is 8.98. The van der Waals surface area contributed by atoms with Crippen molar-refractivity contribution in [2.75, 3.05) is 5.32 Å². The molecule has 0 radical (unpaired) electrons. The zero-order valence-corrected chi connectivity index (χ0v) is 15.4. The first-order valence-corrected chi connectivity index (χ1v) is 8.98. The van der Waals surface area contributed by atoms with Crippen molar-refractivity contribution in [1.82, 2.24) is 9.78 Å². The molecule has 0 aliphatic carbocycles. The van der Waals surface area contributed by atoms with Gasteiger partial charge in [0.1, 0.15) is 12.2 Å². The predicted molar refractivity (Wildman–Crippen MR) is 111 cm³/mol. The Balaban J connectivity index is 1.49. The van der Waals surface area contributed by atoms with Crippen LogP contribution in [0.25, 0.3) is 10.9 Å². The Hall–Kier alpha value is -3.80. The molecule has 0 amide bonds. The molecule has 0 spiro atoms. The van der Waals surface area contributed by atoms with Crippen LogP contribution >= 0.6 is 0 Å². The Morgan fingerprint density at radius 3 is 2.25 bits per heavy atom. The van der Waals surface area contributed by atoms with Gasteiger partial charge in [-0.05, 0) is 49.4 Å². The van der Waals surface area contributed by atoms with Gasteiger partial charge in [-0.2, -0.15) is 15.3 Å². The van der Waals surface area contributed by atoms with Gasteiger partial charge in [0.05, 0.1) is 17.1 Å². The molecule has 1 N–H and O–H groups in total. The van der Waals surface area contributed by atoms with Crippen LogP contribution in [0.3, 0.4) is 0 Å². The molecule has 4 aromatic rings. The van der Waals surface area contributed by atoms with Crippen molar-refractivity contribution in [3.05, 3.63) is 94.8 Å². The van der Waals surface area contributed by atoms with Crippen LogP contribution in [0.5, 0.6) is 0 Å². The average molecular weight is 369 g/mol. The molecule has 6 nitrogen and oxygen atoms in total. The van der Waals surface area contributed by atoms with Crippen molar-refractivity contribution >= 4 is 28.0 Å². The van der Waals surface area contributed by atoms with Gasteiger partial charge in [0.15, 0.2) is 0 Å². The third kappa shape index (κ3) is 3.81. The summed E-state index contributed by atoms with van der Waals surface area (Å²) in [4.78, 5) is 12.3. The summed E-state index contributed by atoms with van der Waals surface area (Å²) in [6, 6.07) is 24.3. The Labute approximate surface area is 162 Å². The van der Waals surface area contributed by atoms with Gasteiger partial charge in [-0.1, -0.05) is 36.4 Å². The van der Waals surface area contributed by atoms with Gasteiger partial charge < -0.3 is 5.32 Å². The second kappa shape index (κ2) is 7.84. The lowest BCUT2D eigenvalue weighted by Gasteiger charge is -2.07. The van der Waals surface area contributed by atoms with Gasteiger partial charge in [-0.15, -0.1) is 0 Å². The van der Waals surface area contributed by atoms with Gasteiger partial charge in [-0.3, -0.25) is 4.79 Å². The van der Waals surface area contributed by atoms with Crippen LogP contribution in [0.4, 0.5) is 17.1 Å². The summed E-state index contributed by atoms with van der Waals surface area (Å²) < 4.78 is 1.70. The highest BCUT2D eigenvalue weighted by Gasteiger charge is 2.08. The molecule has 4 rings (SSSR count). The lowest BCUT2D eigenvalue weighted by atomic mass is 10.3. The number of hydrogen-bond donors (Lipinski definition) is 1. The van der Waals surface area contributed by atoms with E-state index >= 15 is 0 Å². The number of rotatable bonds is 5. The number of anilines is 1. The summed E-state index contributed by atoms with van der Waals surface area (Å²) in [5.74, 6) is 0. The largest absolute Gasteiger partial charge is 0.366 e. The van der Waals surface area contributed by atoms with E-state index in [0.29, 0.717) is 12.2 Å². The van der Waals surface area contributed by atoms with Gasteiger partial charge in [0.25, 0.3) is 0 Å². The lowest BCUT2D eigenvalue weighted by molar-refractivity contribution is 0.685. The maximum absolute atomic E-state index is 12.3. The van der Waals surface area contributed by atoms with Crippen molar-refractivity contribution in [3.63, 3.8) is 0 Å². The quantitative estimate of drug-likeness (QED) is 0.492. The highest BCUT2D eigenvalue weighted by Crippen LogP contribution is 2.20. The van der Waals surface area contributed by atoms with Crippen LogP contribution < -0.4 is 10.7 Å². The molecule has 3 aromatic carbocycles. The van der Waals surface area contributed by atoms with Crippen molar-refractivity contribution in [1.29, 1.82) is 0 Å². The van der Waals surface area contributed by atoms with Crippen molar-refractivity contribution in [2.24, 2.45) is 10.2 Å². The molecule has 0 saturated carbocycles. The van der Waals surface area contributed by atoms with Crippen molar-refractivity contribution in [3.8, 4) is 0 Å². The molecule has 0 saturated heterocycles.